The van der Waals surface area contributed by atoms with E-state index < -0.39 is 0 Å². The monoisotopic (exact) mass is 228 g/mol. The number of ether oxygens (including phenoxy) is 1. The number of hydrogen-bond donors (Lipinski definition) is 1. The molecule has 94 valence electrons. The summed E-state index contributed by atoms with van der Waals surface area (Å²) in [7, 11) is 3.39. The van der Waals surface area contributed by atoms with E-state index in [9.17, 15) is 4.79 Å². The van der Waals surface area contributed by atoms with Crippen LogP contribution in [-0.2, 0) is 9.53 Å². The largest absolute Gasteiger partial charge is 0.469 e. The van der Waals surface area contributed by atoms with Crippen LogP contribution in [0, 0.1) is 0 Å². The van der Waals surface area contributed by atoms with Crippen molar-refractivity contribution in [3.8, 4) is 0 Å². The van der Waals surface area contributed by atoms with E-state index in [0.29, 0.717) is 12.5 Å². The van der Waals surface area contributed by atoms with Crippen molar-refractivity contribution in [3.63, 3.8) is 0 Å². The molecule has 0 aliphatic carbocycles. The van der Waals surface area contributed by atoms with Gasteiger partial charge in [-0.25, -0.2) is 0 Å². The predicted molar refractivity (Wildman–Crippen MR) is 64.4 cm³/mol. The zero-order valence-electron chi connectivity index (χ0n) is 10.9. The van der Waals surface area contributed by atoms with Crippen LogP contribution in [0.25, 0.3) is 0 Å². The molecular formula is C12H24N2O2. The zero-order valence-corrected chi connectivity index (χ0v) is 10.9. The summed E-state index contributed by atoms with van der Waals surface area (Å²) >= 11 is 0. The van der Waals surface area contributed by atoms with Crippen LogP contribution in [0.3, 0.4) is 0 Å². The molecule has 1 heterocycles. The average Bonchev–Trinajstić information content (AvgIpc) is 2.29. The van der Waals surface area contributed by atoms with Gasteiger partial charge in [0.1, 0.15) is 0 Å². The molecule has 1 fully saturated rings. The van der Waals surface area contributed by atoms with Crippen molar-refractivity contribution in [2.75, 3.05) is 27.2 Å². The number of methoxy groups -OCH3 is 1. The Labute approximate surface area is 98.3 Å². The van der Waals surface area contributed by atoms with E-state index in [1.54, 1.807) is 0 Å². The second-order valence-electron chi connectivity index (χ2n) is 4.91. The summed E-state index contributed by atoms with van der Waals surface area (Å²) in [5, 5.41) is 3.31. The number of nitrogens with zero attached hydrogens (tertiary/aromatic N) is 1. The summed E-state index contributed by atoms with van der Waals surface area (Å²) in [6, 6.07) is 0.591. The van der Waals surface area contributed by atoms with Gasteiger partial charge in [-0.3, -0.25) is 4.79 Å². The number of carbonyl (C=O) groups is 1. The Morgan fingerprint density at radius 3 is 2.38 bits per heavy atom. The quantitative estimate of drug-likeness (QED) is 0.729. The maximum Gasteiger partial charge on any atom is 0.307 e. The first kappa shape index (κ1) is 13.5. The minimum atomic E-state index is -0.118. The Balaban J connectivity index is 2.54. The first-order valence-corrected chi connectivity index (χ1v) is 6.03. The summed E-state index contributed by atoms with van der Waals surface area (Å²) in [6.45, 7) is 6.53. The van der Waals surface area contributed by atoms with Gasteiger partial charge >= 0.3 is 5.97 Å². The third kappa shape index (κ3) is 3.19. The van der Waals surface area contributed by atoms with Crippen molar-refractivity contribution in [1.82, 2.24) is 10.2 Å². The van der Waals surface area contributed by atoms with Crippen molar-refractivity contribution in [2.24, 2.45) is 0 Å². The lowest BCUT2D eigenvalue weighted by Gasteiger charge is -2.42. The second kappa shape index (κ2) is 5.64. The van der Waals surface area contributed by atoms with Crippen LogP contribution < -0.4 is 5.32 Å². The number of likely N-dealkylation sites (tertiary alicyclic amines) is 1. The number of nitrogens with one attached hydrogen (secondary N) is 1. The average molecular weight is 228 g/mol. The number of esters is 1. The van der Waals surface area contributed by atoms with Crippen LogP contribution in [0.1, 0.15) is 33.1 Å². The van der Waals surface area contributed by atoms with Gasteiger partial charge < -0.3 is 15.0 Å². The Bertz CT molecular complexity index is 233. The third-order valence-electron chi connectivity index (χ3n) is 3.73. The van der Waals surface area contributed by atoms with Crippen LogP contribution >= 0.6 is 0 Å². The molecule has 0 aromatic heterocycles. The molecule has 0 aromatic carbocycles. The van der Waals surface area contributed by atoms with Crippen LogP contribution in [0.4, 0.5) is 0 Å². The van der Waals surface area contributed by atoms with Gasteiger partial charge in [0, 0.05) is 24.7 Å². The minimum absolute atomic E-state index is 0.0571. The topological polar surface area (TPSA) is 41.6 Å². The molecule has 0 amide bonds. The maximum absolute atomic E-state index is 11.4. The standard InChI is InChI=1S/C12H24N2O2/c1-10(2)14-7-5-12(13-3,6-8-14)9-11(15)16-4/h10,13H,5-9H2,1-4H3. The van der Waals surface area contributed by atoms with Gasteiger partial charge in [-0.05, 0) is 33.7 Å². The van der Waals surface area contributed by atoms with Crippen molar-refractivity contribution in [1.29, 1.82) is 0 Å². The molecule has 1 aliphatic heterocycles. The molecule has 4 heteroatoms. The smallest absolute Gasteiger partial charge is 0.307 e. The van der Waals surface area contributed by atoms with E-state index in [0.717, 1.165) is 25.9 Å². The number of carbonyl (C=O) groups excluding carboxylic acids is 1. The molecule has 1 N–H and O–H groups in total. The van der Waals surface area contributed by atoms with E-state index in [4.69, 9.17) is 4.74 Å². The summed E-state index contributed by atoms with van der Waals surface area (Å²) in [5.74, 6) is -0.118. The summed E-state index contributed by atoms with van der Waals surface area (Å²) in [6.07, 6.45) is 2.50. The summed E-state index contributed by atoms with van der Waals surface area (Å²) in [5.41, 5.74) is -0.0571. The number of piperidine rings is 1. The zero-order chi connectivity index (χ0) is 12.2. The second-order valence-corrected chi connectivity index (χ2v) is 4.91. The molecule has 1 rings (SSSR count). The third-order valence-corrected chi connectivity index (χ3v) is 3.73. The van der Waals surface area contributed by atoms with Gasteiger partial charge in [0.2, 0.25) is 0 Å². The highest BCUT2D eigenvalue weighted by atomic mass is 16.5. The van der Waals surface area contributed by atoms with Crippen LogP contribution in [0.2, 0.25) is 0 Å². The lowest BCUT2D eigenvalue weighted by atomic mass is 9.84. The minimum Gasteiger partial charge on any atom is -0.469 e. The highest BCUT2D eigenvalue weighted by Gasteiger charge is 2.35. The first-order chi connectivity index (χ1) is 7.53. The highest BCUT2D eigenvalue weighted by molar-refractivity contribution is 5.70. The molecule has 4 nitrogen and oxygen atoms in total. The maximum atomic E-state index is 11.4. The molecule has 0 atom stereocenters. The molecule has 0 bridgehead atoms. The lowest BCUT2D eigenvalue weighted by Crippen LogP contribution is -2.54. The van der Waals surface area contributed by atoms with E-state index in [2.05, 4.69) is 24.1 Å². The molecule has 0 unspecified atom stereocenters. The molecule has 0 aromatic rings. The van der Waals surface area contributed by atoms with Crippen LogP contribution in [0.15, 0.2) is 0 Å². The molecular weight excluding hydrogens is 204 g/mol. The summed E-state index contributed by atoms with van der Waals surface area (Å²) in [4.78, 5) is 13.8. The van der Waals surface area contributed by atoms with E-state index >= 15 is 0 Å². The van der Waals surface area contributed by atoms with Gasteiger partial charge in [-0.2, -0.15) is 0 Å². The van der Waals surface area contributed by atoms with Crippen molar-refractivity contribution in [2.45, 2.75) is 44.7 Å². The van der Waals surface area contributed by atoms with E-state index in [1.165, 1.54) is 7.11 Å². The fraction of sp³-hybridized carbons (Fsp3) is 0.917. The lowest BCUT2D eigenvalue weighted by molar-refractivity contribution is -0.142. The fourth-order valence-corrected chi connectivity index (χ4v) is 2.33. The van der Waals surface area contributed by atoms with Gasteiger partial charge in [0.05, 0.1) is 13.5 Å². The van der Waals surface area contributed by atoms with Gasteiger partial charge in [-0.1, -0.05) is 0 Å². The van der Waals surface area contributed by atoms with Crippen LogP contribution in [-0.4, -0.2) is 49.7 Å². The van der Waals surface area contributed by atoms with Crippen molar-refractivity contribution in [3.05, 3.63) is 0 Å². The summed E-state index contributed by atoms with van der Waals surface area (Å²) < 4.78 is 4.76. The Hall–Kier alpha value is -0.610. The molecule has 16 heavy (non-hydrogen) atoms. The Morgan fingerprint density at radius 2 is 2.00 bits per heavy atom. The van der Waals surface area contributed by atoms with Gasteiger partial charge in [-0.15, -0.1) is 0 Å². The molecule has 0 saturated carbocycles. The van der Waals surface area contributed by atoms with E-state index in [1.807, 2.05) is 7.05 Å². The number of hydrogen-bond acceptors (Lipinski definition) is 4. The van der Waals surface area contributed by atoms with E-state index in [-0.39, 0.29) is 11.5 Å². The van der Waals surface area contributed by atoms with Crippen LogP contribution in [0.5, 0.6) is 0 Å². The SMILES string of the molecule is CNC1(CC(=O)OC)CCN(C(C)C)CC1. The Morgan fingerprint density at radius 1 is 1.44 bits per heavy atom. The fourth-order valence-electron chi connectivity index (χ4n) is 2.33. The molecule has 1 saturated heterocycles. The number of rotatable bonds is 4. The molecule has 0 spiro atoms. The van der Waals surface area contributed by atoms with Crippen molar-refractivity contribution >= 4 is 5.97 Å². The highest BCUT2D eigenvalue weighted by Crippen LogP contribution is 2.26. The normalized spacial score (nSPS) is 21.1. The first-order valence-electron chi connectivity index (χ1n) is 6.03. The Kier molecular flexibility index (Phi) is 4.74. The predicted octanol–water partition coefficient (Wildman–Crippen LogP) is 1.01. The van der Waals surface area contributed by atoms with Gasteiger partial charge in [0.25, 0.3) is 0 Å². The molecule has 1 aliphatic rings. The molecule has 0 radical (unpaired) electrons. The van der Waals surface area contributed by atoms with Crippen molar-refractivity contribution < 1.29 is 9.53 Å². The van der Waals surface area contributed by atoms with Gasteiger partial charge in [0.15, 0.2) is 0 Å².